The molecule has 2 aromatic rings. The number of hydrogen-bond donors (Lipinski definition) is 4. The summed E-state index contributed by atoms with van der Waals surface area (Å²) in [4.78, 5) is 54.5. The second-order valence-corrected chi connectivity index (χ2v) is 10.4. The molecule has 10 nitrogen and oxygen atoms in total. The number of carbonyl (C=O) groups excluding carboxylic acids is 3. The molecule has 2 aliphatic rings. The number of aliphatic carboxylic acids is 1. The number of carbonyl (C=O) groups is 4. The van der Waals surface area contributed by atoms with Gasteiger partial charge in [0.05, 0.1) is 6.10 Å². The Hall–Kier alpha value is -3.76. The first-order valence-electron chi connectivity index (χ1n) is 13.4. The monoisotopic (exact) mass is 536 g/mol. The number of aliphatic hydroxyl groups is 1. The van der Waals surface area contributed by atoms with E-state index >= 15 is 0 Å². The fourth-order valence-electron chi connectivity index (χ4n) is 5.50. The molecule has 2 aromatic carbocycles. The minimum atomic E-state index is -1.18. The van der Waals surface area contributed by atoms with Crippen molar-refractivity contribution in [1.82, 2.24) is 15.1 Å². The molecule has 0 bridgehead atoms. The summed E-state index contributed by atoms with van der Waals surface area (Å²) >= 11 is 0. The molecule has 5 unspecified atom stereocenters. The van der Waals surface area contributed by atoms with Crippen molar-refractivity contribution >= 4 is 23.7 Å². The van der Waals surface area contributed by atoms with E-state index in [1.165, 1.54) is 4.90 Å². The minimum Gasteiger partial charge on any atom is -0.480 e. The van der Waals surface area contributed by atoms with Crippen LogP contribution in [0.15, 0.2) is 60.7 Å². The van der Waals surface area contributed by atoms with Gasteiger partial charge in [0.1, 0.15) is 18.1 Å². The lowest BCUT2D eigenvalue weighted by Gasteiger charge is -2.32. The second kappa shape index (κ2) is 12.9. The second-order valence-electron chi connectivity index (χ2n) is 10.4. The maximum Gasteiger partial charge on any atom is 0.326 e. The van der Waals surface area contributed by atoms with Crippen molar-refractivity contribution < 1.29 is 29.4 Å². The van der Waals surface area contributed by atoms with E-state index in [-0.39, 0.29) is 31.7 Å². The smallest absolute Gasteiger partial charge is 0.326 e. The van der Waals surface area contributed by atoms with Gasteiger partial charge in [-0.3, -0.25) is 14.4 Å². The Kier molecular flexibility index (Phi) is 9.32. The van der Waals surface area contributed by atoms with Gasteiger partial charge in [-0.2, -0.15) is 0 Å². The molecule has 2 saturated heterocycles. The standard InChI is InChI=1S/C29H36N4O6/c30-21(14-19-8-3-1-4-9-19)16-26(35)31-23(15-20-10-5-2-6-11-20)27(36)32-13-7-12-24(32)28(37)33-18-22(34)17-25(33)29(38)39/h1-6,8-11,21-25,34H,7,12-18,30H2,(H,31,35)(H,38,39). The number of carboxylic acids is 1. The first kappa shape index (κ1) is 28.3. The van der Waals surface area contributed by atoms with Crippen molar-refractivity contribution in [3.8, 4) is 0 Å². The summed E-state index contributed by atoms with van der Waals surface area (Å²) < 4.78 is 0. The number of nitrogens with one attached hydrogen (secondary N) is 1. The van der Waals surface area contributed by atoms with Gasteiger partial charge in [-0.25, -0.2) is 4.79 Å². The largest absolute Gasteiger partial charge is 0.480 e. The van der Waals surface area contributed by atoms with Gasteiger partial charge in [-0.15, -0.1) is 0 Å². The number of nitrogens with two attached hydrogens (primary N) is 1. The van der Waals surface area contributed by atoms with Crippen molar-refractivity contribution in [3.63, 3.8) is 0 Å². The number of rotatable bonds is 10. The van der Waals surface area contributed by atoms with E-state index in [1.807, 2.05) is 60.7 Å². The third-order valence-corrected chi connectivity index (χ3v) is 7.37. The van der Waals surface area contributed by atoms with Gasteiger partial charge in [-0.05, 0) is 30.4 Å². The molecule has 208 valence electrons. The van der Waals surface area contributed by atoms with Crippen LogP contribution in [0.4, 0.5) is 0 Å². The average Bonchev–Trinajstić information content (AvgIpc) is 3.56. The number of benzene rings is 2. The van der Waals surface area contributed by atoms with Crippen molar-refractivity contribution in [2.45, 2.75) is 68.8 Å². The summed E-state index contributed by atoms with van der Waals surface area (Å²) in [6.45, 7) is 0.232. The molecule has 0 spiro atoms. The molecule has 10 heteroatoms. The SMILES string of the molecule is NC(CC(=O)NC(Cc1ccccc1)C(=O)N1CCCC1C(=O)N1CC(O)CC1C(=O)O)Cc1ccccc1. The fourth-order valence-corrected chi connectivity index (χ4v) is 5.50. The summed E-state index contributed by atoms with van der Waals surface area (Å²) in [7, 11) is 0. The zero-order chi connectivity index (χ0) is 27.9. The van der Waals surface area contributed by atoms with Crippen LogP contribution in [0, 0.1) is 0 Å². The summed E-state index contributed by atoms with van der Waals surface area (Å²) in [5.74, 6) is -2.43. The molecule has 0 aromatic heterocycles. The Labute approximate surface area is 227 Å². The van der Waals surface area contributed by atoms with Gasteiger partial charge < -0.3 is 31.1 Å². The highest BCUT2D eigenvalue weighted by atomic mass is 16.4. The van der Waals surface area contributed by atoms with Crippen LogP contribution in [0.3, 0.4) is 0 Å². The Bertz CT molecular complexity index is 1160. The maximum atomic E-state index is 13.8. The van der Waals surface area contributed by atoms with Crippen LogP contribution < -0.4 is 11.1 Å². The normalized spacial score (nSPS) is 22.4. The summed E-state index contributed by atoms with van der Waals surface area (Å²) in [6.07, 6.45) is 0.768. The van der Waals surface area contributed by atoms with Gasteiger partial charge in [0.15, 0.2) is 0 Å². The Morgan fingerprint density at radius 2 is 1.54 bits per heavy atom. The van der Waals surface area contributed by atoms with E-state index in [0.717, 1.165) is 16.0 Å². The molecule has 39 heavy (non-hydrogen) atoms. The summed E-state index contributed by atoms with van der Waals surface area (Å²) in [6, 6.07) is 15.6. The number of likely N-dealkylation sites (tertiary alicyclic amines) is 2. The molecule has 5 N–H and O–H groups in total. The third-order valence-electron chi connectivity index (χ3n) is 7.37. The van der Waals surface area contributed by atoms with E-state index in [4.69, 9.17) is 5.73 Å². The van der Waals surface area contributed by atoms with Crippen molar-refractivity contribution in [3.05, 3.63) is 71.8 Å². The lowest BCUT2D eigenvalue weighted by atomic mass is 10.0. The zero-order valence-corrected chi connectivity index (χ0v) is 21.8. The molecule has 2 aliphatic heterocycles. The molecular weight excluding hydrogens is 500 g/mol. The average molecular weight is 537 g/mol. The highest BCUT2D eigenvalue weighted by Gasteiger charge is 2.45. The van der Waals surface area contributed by atoms with Crippen LogP contribution in [0.25, 0.3) is 0 Å². The summed E-state index contributed by atoms with van der Waals surface area (Å²) in [5.41, 5.74) is 8.10. The van der Waals surface area contributed by atoms with Gasteiger partial charge in [0.2, 0.25) is 17.7 Å². The molecular formula is C29H36N4O6. The topological polar surface area (TPSA) is 153 Å². The van der Waals surface area contributed by atoms with Crippen molar-refractivity contribution in [2.24, 2.45) is 5.73 Å². The van der Waals surface area contributed by atoms with Crippen molar-refractivity contribution in [2.75, 3.05) is 13.1 Å². The molecule has 2 fully saturated rings. The number of amides is 3. The van der Waals surface area contributed by atoms with Crippen LogP contribution in [-0.4, -0.2) is 87.1 Å². The highest BCUT2D eigenvalue weighted by molar-refractivity contribution is 5.94. The molecule has 5 atom stereocenters. The van der Waals surface area contributed by atoms with E-state index in [9.17, 15) is 29.4 Å². The van der Waals surface area contributed by atoms with E-state index in [1.54, 1.807) is 0 Å². The van der Waals surface area contributed by atoms with Crippen LogP contribution in [-0.2, 0) is 32.0 Å². The lowest BCUT2D eigenvalue weighted by Crippen LogP contribution is -2.56. The lowest BCUT2D eigenvalue weighted by molar-refractivity contribution is -0.152. The highest BCUT2D eigenvalue weighted by Crippen LogP contribution is 2.26. The van der Waals surface area contributed by atoms with Gasteiger partial charge in [-0.1, -0.05) is 60.7 Å². The Balaban J connectivity index is 1.47. The molecule has 0 saturated carbocycles. The van der Waals surface area contributed by atoms with E-state index in [2.05, 4.69) is 5.32 Å². The maximum absolute atomic E-state index is 13.8. The van der Waals surface area contributed by atoms with Gasteiger partial charge >= 0.3 is 5.97 Å². The molecule has 0 aliphatic carbocycles. The number of aliphatic hydroxyl groups excluding tert-OH is 1. The van der Waals surface area contributed by atoms with Crippen molar-refractivity contribution in [1.29, 1.82) is 0 Å². The van der Waals surface area contributed by atoms with Crippen LogP contribution in [0.5, 0.6) is 0 Å². The zero-order valence-electron chi connectivity index (χ0n) is 21.8. The number of hydrogen-bond acceptors (Lipinski definition) is 6. The number of nitrogens with zero attached hydrogens (tertiary/aromatic N) is 2. The predicted molar refractivity (Wildman–Crippen MR) is 143 cm³/mol. The molecule has 4 rings (SSSR count). The van der Waals surface area contributed by atoms with E-state index in [0.29, 0.717) is 25.8 Å². The van der Waals surface area contributed by atoms with Gasteiger partial charge in [0, 0.05) is 38.4 Å². The molecule has 3 amide bonds. The first-order valence-corrected chi connectivity index (χ1v) is 13.4. The number of β-amino-alcohol motifs (C(OH)–C–C–N with tert-alkyl or cyclic N) is 1. The molecule has 0 radical (unpaired) electrons. The van der Waals surface area contributed by atoms with Crippen LogP contribution in [0.2, 0.25) is 0 Å². The first-order chi connectivity index (χ1) is 18.7. The van der Waals surface area contributed by atoms with Gasteiger partial charge in [0.25, 0.3) is 0 Å². The minimum absolute atomic E-state index is 0.0295. The van der Waals surface area contributed by atoms with E-state index < -0.39 is 48.1 Å². The fraction of sp³-hybridized carbons (Fsp3) is 0.448. The predicted octanol–water partition coefficient (Wildman–Crippen LogP) is 0.711. The number of carboxylic acid groups (broad SMARTS) is 1. The van der Waals surface area contributed by atoms with Crippen LogP contribution in [0.1, 0.15) is 36.8 Å². The summed E-state index contributed by atoms with van der Waals surface area (Å²) in [5, 5.41) is 22.4. The Morgan fingerprint density at radius 1 is 0.923 bits per heavy atom. The quantitative estimate of drug-likeness (QED) is 0.349. The molecule has 2 heterocycles. The third kappa shape index (κ3) is 7.21. The Morgan fingerprint density at radius 3 is 2.15 bits per heavy atom. The van der Waals surface area contributed by atoms with Crippen LogP contribution >= 0.6 is 0 Å².